The quantitative estimate of drug-likeness (QED) is 0.842. The number of guanidine groups is 1. The van der Waals surface area contributed by atoms with Gasteiger partial charge in [-0.05, 0) is 11.1 Å². The molecule has 0 amide bonds. The summed E-state index contributed by atoms with van der Waals surface area (Å²) in [6, 6.07) is 20.7. The van der Waals surface area contributed by atoms with E-state index in [9.17, 15) is 0 Å². The molecule has 3 heteroatoms. The Morgan fingerprint density at radius 2 is 1.39 bits per heavy atom. The molecule has 3 nitrogen and oxygen atoms in total. The van der Waals surface area contributed by atoms with Crippen molar-refractivity contribution < 1.29 is 0 Å². The zero-order valence-electron chi connectivity index (χ0n) is 9.95. The van der Waals surface area contributed by atoms with Crippen LogP contribution in [0.3, 0.4) is 0 Å². The van der Waals surface area contributed by atoms with Gasteiger partial charge in [-0.25, -0.2) is 4.99 Å². The third kappa shape index (κ3) is 1.95. The maximum Gasteiger partial charge on any atom is 0.189 e. The number of nitrogens with zero attached hydrogens (tertiary/aromatic N) is 1. The van der Waals surface area contributed by atoms with Crippen molar-refractivity contribution in [3.8, 4) is 0 Å². The van der Waals surface area contributed by atoms with Gasteiger partial charge >= 0.3 is 0 Å². The van der Waals surface area contributed by atoms with Gasteiger partial charge in [-0.3, -0.25) is 0 Å². The van der Waals surface area contributed by atoms with E-state index in [1.807, 2.05) is 36.4 Å². The highest BCUT2D eigenvalue weighted by Crippen LogP contribution is 2.34. The van der Waals surface area contributed by atoms with Crippen LogP contribution in [0.4, 0.5) is 0 Å². The fourth-order valence-corrected chi connectivity index (χ4v) is 2.34. The van der Waals surface area contributed by atoms with Gasteiger partial charge in [0.05, 0.1) is 6.04 Å². The SMILES string of the molecule is NC1=N[C@@H](c2ccccc2)[C@@H](c2ccccc2)N1. The molecule has 0 fully saturated rings. The molecular formula is C15H15N3. The van der Waals surface area contributed by atoms with Crippen LogP contribution in [0.15, 0.2) is 65.7 Å². The molecule has 0 aromatic heterocycles. The van der Waals surface area contributed by atoms with Crippen molar-refractivity contribution >= 4 is 5.96 Å². The van der Waals surface area contributed by atoms with Crippen LogP contribution >= 0.6 is 0 Å². The second kappa shape index (κ2) is 4.53. The molecular weight excluding hydrogens is 222 g/mol. The standard InChI is InChI=1S/C15H15N3/c16-15-17-13(11-7-3-1-4-8-11)14(18-15)12-9-5-2-6-10-12/h1-10,13-14H,(H3,16,17,18)/t13-,14+. The molecule has 2 aromatic carbocycles. The average Bonchev–Trinajstić information content (AvgIpc) is 2.83. The minimum atomic E-state index is 0.0496. The third-order valence-corrected chi connectivity index (χ3v) is 3.20. The molecule has 0 spiro atoms. The molecule has 1 aliphatic rings. The number of aliphatic imine (C=N–C) groups is 1. The van der Waals surface area contributed by atoms with Crippen LogP contribution in [-0.2, 0) is 0 Å². The molecule has 1 aliphatic heterocycles. The topological polar surface area (TPSA) is 50.4 Å². The summed E-state index contributed by atoms with van der Waals surface area (Å²) in [5.41, 5.74) is 8.21. The highest BCUT2D eigenvalue weighted by Gasteiger charge is 2.29. The van der Waals surface area contributed by atoms with Crippen LogP contribution in [0.2, 0.25) is 0 Å². The summed E-state index contributed by atoms with van der Waals surface area (Å²) in [4.78, 5) is 4.50. The van der Waals surface area contributed by atoms with Gasteiger partial charge in [0.2, 0.25) is 0 Å². The van der Waals surface area contributed by atoms with Crippen molar-refractivity contribution in [2.75, 3.05) is 0 Å². The van der Waals surface area contributed by atoms with E-state index < -0.39 is 0 Å². The Kier molecular flexibility index (Phi) is 2.73. The van der Waals surface area contributed by atoms with Gasteiger partial charge in [0.1, 0.15) is 6.04 Å². The fraction of sp³-hybridized carbons (Fsp3) is 0.133. The van der Waals surface area contributed by atoms with E-state index in [0.717, 1.165) is 0 Å². The molecule has 18 heavy (non-hydrogen) atoms. The van der Waals surface area contributed by atoms with E-state index in [1.54, 1.807) is 0 Å². The molecule has 0 unspecified atom stereocenters. The lowest BCUT2D eigenvalue weighted by Gasteiger charge is -2.19. The van der Waals surface area contributed by atoms with Crippen LogP contribution in [-0.4, -0.2) is 5.96 Å². The lowest BCUT2D eigenvalue weighted by Crippen LogP contribution is -2.30. The predicted octanol–water partition coefficient (Wildman–Crippen LogP) is 2.39. The summed E-state index contributed by atoms with van der Waals surface area (Å²) in [7, 11) is 0. The summed E-state index contributed by atoms with van der Waals surface area (Å²) in [5.74, 6) is 0.512. The maximum atomic E-state index is 5.83. The van der Waals surface area contributed by atoms with Gasteiger partial charge in [-0.1, -0.05) is 60.7 Å². The molecule has 0 saturated heterocycles. The minimum absolute atomic E-state index is 0.0496. The van der Waals surface area contributed by atoms with E-state index in [-0.39, 0.29) is 12.1 Å². The second-order valence-corrected chi connectivity index (χ2v) is 4.40. The van der Waals surface area contributed by atoms with E-state index in [2.05, 4.69) is 34.6 Å². The highest BCUT2D eigenvalue weighted by molar-refractivity contribution is 5.81. The molecule has 3 N–H and O–H groups in total. The van der Waals surface area contributed by atoms with E-state index in [4.69, 9.17) is 5.73 Å². The number of hydrogen-bond donors (Lipinski definition) is 2. The first-order valence-corrected chi connectivity index (χ1v) is 6.04. The summed E-state index contributed by atoms with van der Waals surface area (Å²) in [6.07, 6.45) is 0. The van der Waals surface area contributed by atoms with Crippen LogP contribution < -0.4 is 11.1 Å². The van der Waals surface area contributed by atoms with Gasteiger partial charge in [0.25, 0.3) is 0 Å². The van der Waals surface area contributed by atoms with Crippen LogP contribution in [0, 0.1) is 0 Å². The molecule has 0 radical (unpaired) electrons. The first-order chi connectivity index (χ1) is 8.84. The zero-order valence-corrected chi connectivity index (χ0v) is 9.95. The van der Waals surface area contributed by atoms with Crippen molar-refractivity contribution in [1.82, 2.24) is 5.32 Å². The molecule has 2 atom stereocenters. The Hall–Kier alpha value is -2.29. The van der Waals surface area contributed by atoms with E-state index in [0.29, 0.717) is 5.96 Å². The van der Waals surface area contributed by atoms with Crippen LogP contribution in [0.25, 0.3) is 0 Å². The summed E-state index contributed by atoms with van der Waals surface area (Å²) in [6.45, 7) is 0. The Morgan fingerprint density at radius 1 is 0.833 bits per heavy atom. The normalized spacial score (nSPS) is 22.3. The zero-order chi connectivity index (χ0) is 12.4. The van der Waals surface area contributed by atoms with Crippen molar-refractivity contribution in [3.63, 3.8) is 0 Å². The lowest BCUT2D eigenvalue weighted by atomic mass is 9.95. The van der Waals surface area contributed by atoms with Gasteiger partial charge in [0.15, 0.2) is 5.96 Å². The Bertz CT molecular complexity index is 548. The third-order valence-electron chi connectivity index (χ3n) is 3.20. The van der Waals surface area contributed by atoms with Crippen molar-refractivity contribution in [2.45, 2.75) is 12.1 Å². The van der Waals surface area contributed by atoms with Crippen molar-refractivity contribution in [3.05, 3.63) is 71.8 Å². The number of nitrogens with two attached hydrogens (primary N) is 1. The minimum Gasteiger partial charge on any atom is -0.370 e. The molecule has 0 saturated carbocycles. The summed E-state index contributed by atoms with van der Waals surface area (Å²) in [5, 5.41) is 3.25. The number of benzene rings is 2. The maximum absolute atomic E-state index is 5.83. The Labute approximate surface area is 106 Å². The largest absolute Gasteiger partial charge is 0.370 e. The van der Waals surface area contributed by atoms with Crippen molar-refractivity contribution in [1.29, 1.82) is 0 Å². The molecule has 2 aromatic rings. The van der Waals surface area contributed by atoms with Crippen LogP contribution in [0.5, 0.6) is 0 Å². The lowest BCUT2D eigenvalue weighted by molar-refractivity contribution is 0.572. The van der Waals surface area contributed by atoms with Crippen LogP contribution in [0.1, 0.15) is 23.2 Å². The molecule has 90 valence electrons. The van der Waals surface area contributed by atoms with Gasteiger partial charge in [-0.2, -0.15) is 0 Å². The summed E-state index contributed by atoms with van der Waals surface area (Å²) >= 11 is 0. The predicted molar refractivity (Wildman–Crippen MR) is 73.1 cm³/mol. The molecule has 1 heterocycles. The summed E-state index contributed by atoms with van der Waals surface area (Å²) < 4.78 is 0. The fourth-order valence-electron chi connectivity index (χ4n) is 2.34. The Morgan fingerprint density at radius 3 is 2.00 bits per heavy atom. The smallest absolute Gasteiger partial charge is 0.189 e. The van der Waals surface area contributed by atoms with Gasteiger partial charge in [0, 0.05) is 0 Å². The first kappa shape index (κ1) is 10.8. The number of nitrogens with one attached hydrogen (secondary N) is 1. The number of rotatable bonds is 2. The first-order valence-electron chi connectivity index (χ1n) is 6.04. The van der Waals surface area contributed by atoms with Gasteiger partial charge < -0.3 is 11.1 Å². The Balaban J connectivity index is 1.97. The second-order valence-electron chi connectivity index (χ2n) is 4.40. The van der Waals surface area contributed by atoms with Gasteiger partial charge in [-0.15, -0.1) is 0 Å². The van der Waals surface area contributed by atoms with E-state index in [1.165, 1.54) is 11.1 Å². The van der Waals surface area contributed by atoms with Crippen molar-refractivity contribution in [2.24, 2.45) is 10.7 Å². The highest BCUT2D eigenvalue weighted by atomic mass is 15.2. The molecule has 0 bridgehead atoms. The average molecular weight is 237 g/mol. The molecule has 0 aliphatic carbocycles. The molecule has 3 rings (SSSR count). The van der Waals surface area contributed by atoms with E-state index >= 15 is 0 Å². The monoisotopic (exact) mass is 237 g/mol. The number of hydrogen-bond acceptors (Lipinski definition) is 3.